The maximum absolute atomic E-state index is 5.94. The number of hydrogen-bond acceptors (Lipinski definition) is 3. The lowest BCUT2D eigenvalue weighted by Gasteiger charge is -2.04. The number of fused-ring (bicyclic) bond motifs is 1. The Morgan fingerprint density at radius 3 is 2.35 bits per heavy atom. The van der Waals surface area contributed by atoms with Crippen molar-refractivity contribution >= 4 is 59.1 Å². The zero-order valence-corrected chi connectivity index (χ0v) is 15.0. The molecule has 3 rings (SSSR count). The Kier molecular flexibility index (Phi) is 3.60. The second-order valence-electron chi connectivity index (χ2n) is 4.80. The van der Waals surface area contributed by atoms with Gasteiger partial charge in [0.15, 0.2) is 0 Å². The van der Waals surface area contributed by atoms with Gasteiger partial charge in [-0.15, -0.1) is 11.3 Å². The van der Waals surface area contributed by atoms with Gasteiger partial charge in [-0.1, -0.05) is 6.07 Å². The topological polar surface area (TPSA) is 38.9 Å². The Morgan fingerprint density at radius 1 is 1.05 bits per heavy atom. The molecule has 0 saturated heterocycles. The lowest BCUT2D eigenvalue weighted by atomic mass is 10.1. The van der Waals surface area contributed by atoms with Gasteiger partial charge in [0.25, 0.3) is 0 Å². The van der Waals surface area contributed by atoms with Crippen LogP contribution in [0, 0.1) is 13.8 Å². The fraction of sp³-hybridized carbons (Fsp3) is 0.133. The first-order valence-electron chi connectivity index (χ1n) is 6.08. The first-order chi connectivity index (χ1) is 9.45. The van der Waals surface area contributed by atoms with E-state index in [1.54, 1.807) is 11.3 Å². The van der Waals surface area contributed by atoms with E-state index >= 15 is 0 Å². The number of hydrogen-bond donors (Lipinski definition) is 1. The van der Waals surface area contributed by atoms with Crippen molar-refractivity contribution in [1.82, 2.24) is 4.98 Å². The third kappa shape index (κ3) is 2.38. The highest BCUT2D eigenvalue weighted by Crippen LogP contribution is 2.37. The molecule has 0 aliphatic carbocycles. The highest BCUT2D eigenvalue weighted by molar-refractivity contribution is 9.11. The predicted molar refractivity (Wildman–Crippen MR) is 94.3 cm³/mol. The van der Waals surface area contributed by atoms with Crippen LogP contribution in [0.15, 0.2) is 33.2 Å². The van der Waals surface area contributed by atoms with E-state index in [0.717, 1.165) is 25.0 Å². The Balaban J connectivity index is 2.22. The molecule has 1 heterocycles. The van der Waals surface area contributed by atoms with Crippen molar-refractivity contribution in [3.8, 4) is 10.6 Å². The second-order valence-corrected chi connectivity index (χ2v) is 7.54. The molecule has 0 unspecified atom stereocenters. The molecule has 5 heteroatoms. The molecule has 2 nitrogen and oxygen atoms in total. The smallest absolute Gasteiger partial charge is 0.124 e. The van der Waals surface area contributed by atoms with Crippen LogP contribution in [-0.2, 0) is 0 Å². The van der Waals surface area contributed by atoms with Gasteiger partial charge in [0, 0.05) is 14.5 Å². The van der Waals surface area contributed by atoms with Crippen molar-refractivity contribution in [3.05, 3.63) is 44.3 Å². The van der Waals surface area contributed by atoms with Crippen LogP contribution >= 0.6 is 43.2 Å². The van der Waals surface area contributed by atoms with E-state index in [9.17, 15) is 0 Å². The van der Waals surface area contributed by atoms with Gasteiger partial charge < -0.3 is 5.73 Å². The van der Waals surface area contributed by atoms with Gasteiger partial charge in [0.2, 0.25) is 0 Å². The number of thiazole rings is 1. The molecule has 2 aromatic carbocycles. The average Bonchev–Trinajstić information content (AvgIpc) is 2.79. The summed E-state index contributed by atoms with van der Waals surface area (Å²) >= 11 is 8.68. The van der Waals surface area contributed by atoms with Crippen molar-refractivity contribution < 1.29 is 0 Å². The monoisotopic (exact) mass is 410 g/mol. The molecule has 0 radical (unpaired) electrons. The number of nitrogen functional groups attached to an aromatic ring is 1. The van der Waals surface area contributed by atoms with E-state index < -0.39 is 0 Å². The van der Waals surface area contributed by atoms with E-state index in [4.69, 9.17) is 10.7 Å². The van der Waals surface area contributed by atoms with Gasteiger partial charge in [-0.25, -0.2) is 4.98 Å². The fourth-order valence-electron chi connectivity index (χ4n) is 2.20. The first-order valence-corrected chi connectivity index (χ1v) is 8.48. The van der Waals surface area contributed by atoms with Gasteiger partial charge in [-0.2, -0.15) is 0 Å². The molecule has 0 atom stereocenters. The van der Waals surface area contributed by atoms with E-state index in [1.165, 1.54) is 15.8 Å². The molecule has 0 amide bonds. The quantitative estimate of drug-likeness (QED) is 0.522. The third-order valence-corrected chi connectivity index (χ3v) is 5.52. The summed E-state index contributed by atoms with van der Waals surface area (Å²) in [6.07, 6.45) is 0. The van der Waals surface area contributed by atoms with Crippen molar-refractivity contribution in [2.24, 2.45) is 0 Å². The number of aromatic nitrogens is 1. The minimum Gasteiger partial charge on any atom is -0.397 e. The molecule has 0 bridgehead atoms. The van der Waals surface area contributed by atoms with Crippen molar-refractivity contribution in [1.29, 1.82) is 0 Å². The van der Waals surface area contributed by atoms with E-state index in [1.807, 2.05) is 12.1 Å². The molecular weight excluding hydrogens is 400 g/mol. The molecule has 102 valence electrons. The van der Waals surface area contributed by atoms with Gasteiger partial charge in [-0.3, -0.25) is 0 Å². The Morgan fingerprint density at radius 2 is 1.70 bits per heavy atom. The lowest BCUT2D eigenvalue weighted by Crippen LogP contribution is -1.89. The molecule has 20 heavy (non-hydrogen) atoms. The van der Waals surface area contributed by atoms with Crippen LogP contribution in [0.25, 0.3) is 20.8 Å². The van der Waals surface area contributed by atoms with E-state index in [-0.39, 0.29) is 0 Å². The van der Waals surface area contributed by atoms with Crippen molar-refractivity contribution in [3.63, 3.8) is 0 Å². The molecule has 1 aromatic heterocycles. The number of anilines is 1. The normalized spacial score (nSPS) is 11.2. The zero-order valence-electron chi connectivity index (χ0n) is 11.0. The van der Waals surface area contributed by atoms with Crippen molar-refractivity contribution in [2.45, 2.75) is 13.8 Å². The highest BCUT2D eigenvalue weighted by atomic mass is 79.9. The standard InChI is InChI=1S/C15H12Br2N2S/c1-7-3-8(2)14-12(4-7)20-15(19-14)9-5-10(16)13(18)11(17)6-9/h3-6H,18H2,1-2H3. The molecule has 2 N–H and O–H groups in total. The number of benzene rings is 2. The number of halogens is 2. The van der Waals surface area contributed by atoms with Gasteiger partial charge in [-0.05, 0) is 75.0 Å². The number of aryl methyl sites for hydroxylation is 2. The number of rotatable bonds is 1. The molecule has 0 saturated carbocycles. The summed E-state index contributed by atoms with van der Waals surface area (Å²) in [5.74, 6) is 0. The molecule has 0 spiro atoms. The summed E-state index contributed by atoms with van der Waals surface area (Å²) in [4.78, 5) is 4.77. The van der Waals surface area contributed by atoms with Crippen LogP contribution in [0.3, 0.4) is 0 Å². The summed E-state index contributed by atoms with van der Waals surface area (Å²) in [6, 6.07) is 8.38. The van der Waals surface area contributed by atoms with Crippen LogP contribution < -0.4 is 5.73 Å². The average molecular weight is 412 g/mol. The summed E-state index contributed by atoms with van der Waals surface area (Å²) in [5.41, 5.74) is 11.3. The van der Waals surface area contributed by atoms with Crippen molar-refractivity contribution in [2.75, 3.05) is 5.73 Å². The second kappa shape index (κ2) is 5.13. The van der Waals surface area contributed by atoms with Crippen LogP contribution in [0.4, 0.5) is 5.69 Å². The molecule has 3 aromatic rings. The van der Waals surface area contributed by atoms with Crippen LogP contribution in [0.5, 0.6) is 0 Å². The number of nitrogens with two attached hydrogens (primary N) is 1. The summed E-state index contributed by atoms with van der Waals surface area (Å²) in [7, 11) is 0. The summed E-state index contributed by atoms with van der Waals surface area (Å²) in [5, 5.41) is 1.01. The Labute approximate surface area is 138 Å². The summed E-state index contributed by atoms with van der Waals surface area (Å²) < 4.78 is 2.99. The van der Waals surface area contributed by atoms with E-state index in [0.29, 0.717) is 5.69 Å². The molecule has 0 fully saturated rings. The van der Waals surface area contributed by atoms with Gasteiger partial charge in [0.05, 0.1) is 15.9 Å². The molecule has 0 aliphatic heterocycles. The molecule has 0 aliphatic rings. The minimum absolute atomic E-state index is 0.710. The first kappa shape index (κ1) is 14.0. The van der Waals surface area contributed by atoms with Gasteiger partial charge in [0.1, 0.15) is 5.01 Å². The largest absolute Gasteiger partial charge is 0.397 e. The third-order valence-electron chi connectivity index (χ3n) is 3.16. The molecular formula is C15H12Br2N2S. The maximum atomic E-state index is 5.94. The Hall–Kier alpha value is -0.910. The van der Waals surface area contributed by atoms with E-state index in [2.05, 4.69) is 57.8 Å². The Bertz CT molecular complexity index is 801. The number of nitrogens with zero attached hydrogens (tertiary/aromatic N) is 1. The predicted octanol–water partition coefficient (Wildman–Crippen LogP) is 5.69. The minimum atomic E-state index is 0.710. The fourth-order valence-corrected chi connectivity index (χ4v) is 4.52. The highest BCUT2D eigenvalue weighted by Gasteiger charge is 2.12. The summed E-state index contributed by atoms with van der Waals surface area (Å²) in [6.45, 7) is 4.22. The maximum Gasteiger partial charge on any atom is 0.124 e. The van der Waals surface area contributed by atoms with Crippen LogP contribution in [0.2, 0.25) is 0 Å². The zero-order chi connectivity index (χ0) is 14.4. The lowest BCUT2D eigenvalue weighted by molar-refractivity contribution is 1.38. The van der Waals surface area contributed by atoms with Gasteiger partial charge >= 0.3 is 0 Å². The SMILES string of the molecule is Cc1cc(C)c2nc(-c3cc(Br)c(N)c(Br)c3)sc2c1. The van der Waals surface area contributed by atoms with Crippen LogP contribution in [-0.4, -0.2) is 4.98 Å². The van der Waals surface area contributed by atoms with Crippen LogP contribution in [0.1, 0.15) is 11.1 Å².